The van der Waals surface area contributed by atoms with Crippen molar-refractivity contribution < 1.29 is 33.0 Å². The number of benzene rings is 3. The van der Waals surface area contributed by atoms with Gasteiger partial charge in [0.15, 0.2) is 0 Å². The predicted molar refractivity (Wildman–Crippen MR) is 118 cm³/mol. The van der Waals surface area contributed by atoms with Gasteiger partial charge < -0.3 is 19.9 Å². The van der Waals surface area contributed by atoms with Crippen LogP contribution in [0.4, 0.5) is 8.78 Å². The molecule has 0 heterocycles. The van der Waals surface area contributed by atoms with E-state index in [1.165, 1.54) is 24.3 Å². The average Bonchev–Trinajstić information content (AvgIpc) is 3.29. The zero-order chi connectivity index (χ0) is 23.4. The quantitative estimate of drug-likeness (QED) is 0.481. The van der Waals surface area contributed by atoms with Crippen LogP contribution in [0.15, 0.2) is 54.6 Å². The van der Waals surface area contributed by atoms with Crippen molar-refractivity contribution in [3.05, 3.63) is 71.8 Å². The highest BCUT2D eigenvalue weighted by Crippen LogP contribution is 2.35. The van der Waals surface area contributed by atoms with Crippen LogP contribution < -0.4 is 14.8 Å². The molecule has 6 nitrogen and oxygen atoms in total. The van der Waals surface area contributed by atoms with Gasteiger partial charge >= 0.3 is 5.97 Å². The monoisotopic (exact) mass is 455 g/mol. The fourth-order valence-electron chi connectivity index (χ4n) is 4.12. The molecular formula is C25H23F2NO5. The minimum Gasteiger partial charge on any atom is -0.490 e. The van der Waals surface area contributed by atoms with Crippen LogP contribution in [-0.2, 0) is 4.79 Å². The van der Waals surface area contributed by atoms with Gasteiger partial charge in [0.2, 0.25) is 0 Å². The van der Waals surface area contributed by atoms with E-state index in [0.29, 0.717) is 36.8 Å². The number of ether oxygens (including phenoxy) is 2. The molecule has 0 bridgehead atoms. The molecule has 0 unspecified atom stereocenters. The first-order chi connectivity index (χ1) is 15.9. The Kier molecular flexibility index (Phi) is 6.44. The molecule has 8 heteroatoms. The van der Waals surface area contributed by atoms with Crippen molar-refractivity contribution in [1.82, 2.24) is 5.32 Å². The van der Waals surface area contributed by atoms with Crippen LogP contribution in [0, 0.1) is 11.6 Å². The molecule has 1 amide bonds. The van der Waals surface area contributed by atoms with E-state index in [4.69, 9.17) is 9.47 Å². The topological polar surface area (TPSA) is 84.9 Å². The van der Waals surface area contributed by atoms with Crippen LogP contribution >= 0.6 is 0 Å². The molecule has 0 saturated heterocycles. The van der Waals surface area contributed by atoms with E-state index in [1.807, 2.05) is 0 Å². The van der Waals surface area contributed by atoms with E-state index < -0.39 is 23.2 Å². The maximum Gasteiger partial charge on any atom is 0.329 e. The number of carbonyl (C=O) groups excluding carboxylic acids is 1. The molecule has 33 heavy (non-hydrogen) atoms. The van der Waals surface area contributed by atoms with Gasteiger partial charge in [-0.15, -0.1) is 0 Å². The largest absolute Gasteiger partial charge is 0.490 e. The van der Waals surface area contributed by atoms with Crippen molar-refractivity contribution in [2.45, 2.75) is 31.2 Å². The van der Waals surface area contributed by atoms with Gasteiger partial charge in [-0.1, -0.05) is 37.1 Å². The SMILES string of the molecule is O=C(NC1(C(=O)O)CCCC1)c1cc(F)c2ccccc2c1OCCOc1ccc(F)cc1. The number of nitrogens with one attached hydrogen (secondary N) is 1. The van der Waals surface area contributed by atoms with Crippen LogP contribution in [0.3, 0.4) is 0 Å². The second-order valence-electron chi connectivity index (χ2n) is 7.98. The van der Waals surface area contributed by atoms with Gasteiger partial charge in [0.1, 0.15) is 41.9 Å². The first kappa shape index (κ1) is 22.5. The number of aliphatic carboxylic acids is 1. The number of hydrogen-bond donors (Lipinski definition) is 2. The van der Waals surface area contributed by atoms with E-state index in [2.05, 4.69) is 5.32 Å². The summed E-state index contributed by atoms with van der Waals surface area (Å²) in [5.41, 5.74) is -1.46. The number of amides is 1. The van der Waals surface area contributed by atoms with Gasteiger partial charge in [0.25, 0.3) is 5.91 Å². The van der Waals surface area contributed by atoms with Crippen molar-refractivity contribution >= 4 is 22.6 Å². The lowest BCUT2D eigenvalue weighted by atomic mass is 9.96. The van der Waals surface area contributed by atoms with Crippen LogP contribution in [0.5, 0.6) is 11.5 Å². The first-order valence-corrected chi connectivity index (χ1v) is 10.7. The molecule has 1 aliphatic rings. The summed E-state index contributed by atoms with van der Waals surface area (Å²) in [4.78, 5) is 25.0. The average molecular weight is 455 g/mol. The molecule has 172 valence electrons. The number of carboxylic acid groups (broad SMARTS) is 1. The lowest BCUT2D eigenvalue weighted by molar-refractivity contribution is -0.144. The number of halogens is 2. The number of fused-ring (bicyclic) bond motifs is 1. The minimum atomic E-state index is -1.37. The van der Waals surface area contributed by atoms with E-state index in [1.54, 1.807) is 24.3 Å². The zero-order valence-corrected chi connectivity index (χ0v) is 17.8. The Balaban J connectivity index is 1.59. The molecule has 1 fully saturated rings. The zero-order valence-electron chi connectivity index (χ0n) is 17.8. The van der Waals surface area contributed by atoms with Crippen molar-refractivity contribution in [2.75, 3.05) is 13.2 Å². The smallest absolute Gasteiger partial charge is 0.329 e. The van der Waals surface area contributed by atoms with Gasteiger partial charge in [-0.25, -0.2) is 13.6 Å². The summed E-state index contributed by atoms with van der Waals surface area (Å²) in [6, 6.07) is 13.1. The Morgan fingerprint density at radius 1 is 0.939 bits per heavy atom. The van der Waals surface area contributed by atoms with Crippen molar-refractivity contribution in [3.8, 4) is 11.5 Å². The van der Waals surface area contributed by atoms with E-state index in [9.17, 15) is 23.5 Å². The van der Waals surface area contributed by atoms with E-state index in [0.717, 1.165) is 6.07 Å². The highest BCUT2D eigenvalue weighted by Gasteiger charge is 2.43. The Bertz CT molecular complexity index is 1170. The van der Waals surface area contributed by atoms with Gasteiger partial charge in [-0.3, -0.25) is 4.79 Å². The third-order valence-corrected chi connectivity index (χ3v) is 5.82. The summed E-state index contributed by atoms with van der Waals surface area (Å²) in [7, 11) is 0. The fraction of sp³-hybridized carbons (Fsp3) is 0.280. The maximum atomic E-state index is 14.8. The van der Waals surface area contributed by atoms with Crippen molar-refractivity contribution in [2.24, 2.45) is 0 Å². The molecule has 0 aromatic heterocycles. The van der Waals surface area contributed by atoms with Crippen molar-refractivity contribution in [1.29, 1.82) is 0 Å². The van der Waals surface area contributed by atoms with Crippen LogP contribution in [-0.4, -0.2) is 35.7 Å². The lowest BCUT2D eigenvalue weighted by Crippen LogP contribution is -2.52. The van der Waals surface area contributed by atoms with Gasteiger partial charge in [0, 0.05) is 10.8 Å². The second-order valence-corrected chi connectivity index (χ2v) is 7.98. The minimum absolute atomic E-state index is 0.0252. The molecule has 4 rings (SSSR count). The highest BCUT2D eigenvalue weighted by atomic mass is 19.1. The summed E-state index contributed by atoms with van der Waals surface area (Å²) < 4.78 is 39.2. The highest BCUT2D eigenvalue weighted by molar-refractivity contribution is 6.05. The third-order valence-electron chi connectivity index (χ3n) is 5.82. The standard InChI is InChI=1S/C25H23F2NO5/c26-16-7-9-17(10-8-16)32-13-14-33-22-19-6-2-1-5-18(19)21(27)15-20(22)23(29)28-25(24(30)31)11-3-4-12-25/h1-2,5-10,15H,3-4,11-14H2,(H,28,29)(H,30,31). The Labute approximate surface area is 189 Å². The number of carboxylic acids is 1. The molecule has 2 N–H and O–H groups in total. The fourth-order valence-corrected chi connectivity index (χ4v) is 4.12. The maximum absolute atomic E-state index is 14.8. The Morgan fingerprint density at radius 3 is 2.24 bits per heavy atom. The number of hydrogen-bond acceptors (Lipinski definition) is 4. The normalized spacial score (nSPS) is 14.7. The molecule has 0 aliphatic heterocycles. The first-order valence-electron chi connectivity index (χ1n) is 10.7. The summed E-state index contributed by atoms with van der Waals surface area (Å²) in [6.45, 7) is 0.120. The van der Waals surface area contributed by atoms with E-state index >= 15 is 0 Å². The summed E-state index contributed by atoms with van der Waals surface area (Å²) >= 11 is 0. The summed E-state index contributed by atoms with van der Waals surface area (Å²) in [5, 5.41) is 13.0. The number of rotatable bonds is 8. The van der Waals surface area contributed by atoms with Crippen LogP contribution in [0.2, 0.25) is 0 Å². The second kappa shape index (κ2) is 9.44. The van der Waals surface area contributed by atoms with Crippen LogP contribution in [0.25, 0.3) is 10.8 Å². The molecule has 3 aromatic carbocycles. The van der Waals surface area contributed by atoms with Gasteiger partial charge in [0.05, 0.1) is 5.56 Å². The van der Waals surface area contributed by atoms with Crippen molar-refractivity contribution in [3.63, 3.8) is 0 Å². The molecule has 1 saturated carbocycles. The summed E-state index contributed by atoms with van der Waals surface area (Å²) in [6.07, 6.45) is 1.99. The molecular weight excluding hydrogens is 432 g/mol. The molecule has 1 aliphatic carbocycles. The van der Waals surface area contributed by atoms with Crippen LogP contribution in [0.1, 0.15) is 36.0 Å². The third kappa shape index (κ3) is 4.74. The molecule has 0 spiro atoms. The Morgan fingerprint density at radius 2 is 1.58 bits per heavy atom. The van der Waals surface area contributed by atoms with E-state index in [-0.39, 0.29) is 35.7 Å². The molecule has 0 atom stereocenters. The lowest BCUT2D eigenvalue weighted by Gasteiger charge is -2.26. The Hall–Kier alpha value is -3.68. The number of carbonyl (C=O) groups is 2. The van der Waals surface area contributed by atoms with Gasteiger partial charge in [-0.05, 0) is 43.2 Å². The summed E-state index contributed by atoms with van der Waals surface area (Å²) in [5.74, 6) is -2.21. The molecule has 3 aromatic rings. The predicted octanol–water partition coefficient (Wildman–Crippen LogP) is 4.70. The molecule has 0 radical (unpaired) electrons. The van der Waals surface area contributed by atoms with Gasteiger partial charge in [-0.2, -0.15) is 0 Å².